The van der Waals surface area contributed by atoms with Crippen LogP contribution in [0, 0.1) is 5.82 Å². The van der Waals surface area contributed by atoms with Crippen molar-refractivity contribution in [2.75, 3.05) is 44.2 Å². The van der Waals surface area contributed by atoms with E-state index in [1.807, 2.05) is 6.20 Å². The van der Waals surface area contributed by atoms with Crippen LogP contribution in [0.15, 0.2) is 29.4 Å². The van der Waals surface area contributed by atoms with Gasteiger partial charge in [-0.2, -0.15) is 4.37 Å². The molecule has 0 spiro atoms. The Kier molecular flexibility index (Phi) is 8.47. The molecule has 1 aromatic carbocycles. The Bertz CT molecular complexity index is 1010. The van der Waals surface area contributed by atoms with Gasteiger partial charge in [-0.1, -0.05) is 6.92 Å². The fraction of sp³-hybridized carbons (Fsp3) is 0.476. The van der Waals surface area contributed by atoms with Gasteiger partial charge in [-0.15, -0.1) is 24.0 Å². The van der Waals surface area contributed by atoms with Gasteiger partial charge in [0.15, 0.2) is 5.96 Å². The number of guanidine groups is 1. The Labute approximate surface area is 203 Å². The fourth-order valence-corrected chi connectivity index (χ4v) is 4.49. The van der Waals surface area contributed by atoms with Crippen molar-refractivity contribution in [2.45, 2.75) is 26.7 Å². The molecule has 7 nitrogen and oxygen atoms in total. The first-order valence-corrected chi connectivity index (χ1v) is 11.3. The van der Waals surface area contributed by atoms with Gasteiger partial charge in [0.05, 0.1) is 0 Å². The van der Waals surface area contributed by atoms with Crippen LogP contribution >= 0.6 is 35.5 Å². The Morgan fingerprint density at radius 3 is 2.77 bits per heavy atom. The molecule has 4 rings (SSSR count). The second-order valence-electron chi connectivity index (χ2n) is 7.31. The largest absolute Gasteiger partial charge is 0.361 e. The van der Waals surface area contributed by atoms with Gasteiger partial charge >= 0.3 is 0 Å². The second-order valence-corrected chi connectivity index (χ2v) is 8.04. The normalized spacial score (nSPS) is 14.7. The van der Waals surface area contributed by atoms with Gasteiger partial charge in [0.1, 0.15) is 11.6 Å². The van der Waals surface area contributed by atoms with Crippen LogP contribution in [0.2, 0.25) is 0 Å². The molecule has 2 N–H and O–H groups in total. The van der Waals surface area contributed by atoms with Crippen molar-refractivity contribution in [2.24, 2.45) is 4.99 Å². The number of aliphatic imine (C=N–C) groups is 1. The van der Waals surface area contributed by atoms with Crippen molar-refractivity contribution in [3.05, 3.63) is 41.6 Å². The number of benzene rings is 1. The number of H-pyrrole nitrogens is 1. The third kappa shape index (κ3) is 5.65. The van der Waals surface area contributed by atoms with Gasteiger partial charge in [0.25, 0.3) is 0 Å². The first-order chi connectivity index (χ1) is 14.7. The maximum atomic E-state index is 13.6. The van der Waals surface area contributed by atoms with Crippen LogP contribution in [0.5, 0.6) is 0 Å². The first kappa shape index (κ1) is 23.7. The maximum absolute atomic E-state index is 13.6. The first-order valence-electron chi connectivity index (χ1n) is 10.5. The third-order valence-corrected chi connectivity index (χ3v) is 6.15. The standard InChI is InChI=1S/C21H28FN7S.HI/c1-3-19-26-21(30-27-19)29-11-9-28(10-12-29)20(23-4-2)24-8-7-15-14-25-18-6-5-16(22)13-17(15)18;/h5-6,13-14,25H,3-4,7-12H2,1-2H3,(H,23,24);1H. The summed E-state index contributed by atoms with van der Waals surface area (Å²) < 4.78 is 18.0. The number of rotatable bonds is 6. The summed E-state index contributed by atoms with van der Waals surface area (Å²) >= 11 is 1.49. The number of aromatic amines is 1. The summed E-state index contributed by atoms with van der Waals surface area (Å²) in [5, 5.41) is 5.36. The number of aryl methyl sites for hydroxylation is 1. The Morgan fingerprint density at radius 2 is 2.06 bits per heavy atom. The molecule has 0 bridgehead atoms. The molecule has 3 heterocycles. The highest BCUT2D eigenvalue weighted by molar-refractivity contribution is 14.0. The Morgan fingerprint density at radius 1 is 1.26 bits per heavy atom. The van der Waals surface area contributed by atoms with E-state index in [2.05, 4.69) is 43.3 Å². The molecule has 1 fully saturated rings. The molecule has 1 aliphatic heterocycles. The average Bonchev–Trinajstić information content (AvgIpc) is 3.40. The summed E-state index contributed by atoms with van der Waals surface area (Å²) in [7, 11) is 0. The van der Waals surface area contributed by atoms with Crippen LogP contribution < -0.4 is 10.2 Å². The number of hydrogen-bond acceptors (Lipinski definition) is 5. The number of halogens is 2. The van der Waals surface area contributed by atoms with Gasteiger partial charge in [-0.25, -0.2) is 9.37 Å². The minimum Gasteiger partial charge on any atom is -0.361 e. The number of nitrogens with one attached hydrogen (secondary N) is 2. The molecule has 3 aromatic rings. The van der Waals surface area contributed by atoms with E-state index in [0.717, 1.165) is 78.9 Å². The van der Waals surface area contributed by atoms with E-state index in [9.17, 15) is 4.39 Å². The van der Waals surface area contributed by atoms with Gasteiger partial charge in [0.2, 0.25) is 5.13 Å². The molecule has 0 aliphatic carbocycles. The van der Waals surface area contributed by atoms with Crippen molar-refractivity contribution in [3.63, 3.8) is 0 Å². The zero-order valence-electron chi connectivity index (χ0n) is 17.9. The van der Waals surface area contributed by atoms with Crippen LogP contribution in [0.25, 0.3) is 10.9 Å². The molecule has 10 heteroatoms. The molecule has 1 aliphatic rings. The van der Waals surface area contributed by atoms with Crippen LogP contribution in [-0.4, -0.2) is 64.5 Å². The predicted octanol–water partition coefficient (Wildman–Crippen LogP) is 3.67. The smallest absolute Gasteiger partial charge is 0.205 e. The number of anilines is 1. The molecule has 2 aromatic heterocycles. The maximum Gasteiger partial charge on any atom is 0.205 e. The number of fused-ring (bicyclic) bond motifs is 1. The number of nitrogens with zero attached hydrogens (tertiary/aromatic N) is 5. The summed E-state index contributed by atoms with van der Waals surface area (Å²) in [4.78, 5) is 17.3. The average molecular weight is 557 g/mol. The number of piperazine rings is 1. The van der Waals surface area contributed by atoms with Gasteiger partial charge < -0.3 is 20.1 Å². The Hall–Kier alpha value is -1.95. The molecule has 0 atom stereocenters. The van der Waals surface area contributed by atoms with Crippen molar-refractivity contribution in [3.8, 4) is 0 Å². The molecule has 0 amide bonds. The van der Waals surface area contributed by atoms with Gasteiger partial charge in [-0.05, 0) is 37.1 Å². The topological polar surface area (TPSA) is 72.4 Å². The van der Waals surface area contributed by atoms with E-state index in [-0.39, 0.29) is 29.8 Å². The predicted molar refractivity (Wildman–Crippen MR) is 136 cm³/mol. The van der Waals surface area contributed by atoms with Crippen LogP contribution in [0.1, 0.15) is 25.2 Å². The lowest BCUT2D eigenvalue weighted by Gasteiger charge is -2.36. The highest BCUT2D eigenvalue weighted by atomic mass is 127. The zero-order chi connectivity index (χ0) is 20.9. The van der Waals surface area contributed by atoms with E-state index in [0.29, 0.717) is 6.54 Å². The summed E-state index contributed by atoms with van der Waals surface area (Å²) in [6.45, 7) is 9.25. The molecule has 1 saturated heterocycles. The minimum atomic E-state index is -0.209. The van der Waals surface area contributed by atoms with E-state index >= 15 is 0 Å². The van der Waals surface area contributed by atoms with Crippen LogP contribution in [-0.2, 0) is 12.8 Å². The van der Waals surface area contributed by atoms with E-state index < -0.39 is 0 Å². The van der Waals surface area contributed by atoms with Crippen molar-refractivity contribution in [1.29, 1.82) is 0 Å². The summed E-state index contributed by atoms with van der Waals surface area (Å²) in [5.74, 6) is 1.65. The molecule has 0 radical (unpaired) electrons. The van der Waals surface area contributed by atoms with Crippen molar-refractivity contribution >= 4 is 57.5 Å². The molecule has 168 valence electrons. The lowest BCUT2D eigenvalue weighted by molar-refractivity contribution is 0.372. The molecule has 31 heavy (non-hydrogen) atoms. The second kappa shape index (κ2) is 11.1. The number of aromatic nitrogens is 3. The summed E-state index contributed by atoms with van der Waals surface area (Å²) in [6.07, 6.45) is 3.59. The molecule has 0 saturated carbocycles. The zero-order valence-corrected chi connectivity index (χ0v) is 21.0. The monoisotopic (exact) mass is 557 g/mol. The minimum absolute atomic E-state index is 0. The molecular formula is C21H29FIN7S. The van der Waals surface area contributed by atoms with Crippen molar-refractivity contribution < 1.29 is 4.39 Å². The summed E-state index contributed by atoms with van der Waals surface area (Å²) in [5.41, 5.74) is 2.05. The lowest BCUT2D eigenvalue weighted by atomic mass is 10.1. The van der Waals surface area contributed by atoms with Crippen molar-refractivity contribution in [1.82, 2.24) is 24.6 Å². The third-order valence-electron chi connectivity index (χ3n) is 5.33. The lowest BCUT2D eigenvalue weighted by Crippen LogP contribution is -2.52. The van der Waals surface area contributed by atoms with Gasteiger partial charge in [0, 0.05) is 74.3 Å². The van der Waals surface area contributed by atoms with Crippen LogP contribution in [0.3, 0.4) is 0 Å². The highest BCUT2D eigenvalue weighted by Gasteiger charge is 2.22. The summed E-state index contributed by atoms with van der Waals surface area (Å²) in [6, 6.07) is 4.85. The number of hydrogen-bond donors (Lipinski definition) is 2. The Balaban J connectivity index is 0.00000272. The SMILES string of the molecule is CCNC(=NCCc1c[nH]c2ccc(F)cc12)N1CCN(c2nc(CC)ns2)CC1.I. The van der Waals surface area contributed by atoms with E-state index in [1.54, 1.807) is 12.1 Å². The molecular weight excluding hydrogens is 528 g/mol. The van der Waals surface area contributed by atoms with Gasteiger partial charge in [-0.3, -0.25) is 4.99 Å². The highest BCUT2D eigenvalue weighted by Crippen LogP contribution is 2.21. The molecule has 0 unspecified atom stereocenters. The van der Waals surface area contributed by atoms with Crippen LogP contribution in [0.4, 0.5) is 9.52 Å². The quantitative estimate of drug-likeness (QED) is 0.275. The fourth-order valence-electron chi connectivity index (χ4n) is 3.69. The van der Waals surface area contributed by atoms with E-state index in [4.69, 9.17) is 4.99 Å². The van der Waals surface area contributed by atoms with E-state index in [1.165, 1.54) is 17.6 Å².